The molecule has 20 heavy (non-hydrogen) atoms. The topological polar surface area (TPSA) is 61.2 Å². The van der Waals surface area contributed by atoms with Gasteiger partial charge in [0.05, 0.1) is 0 Å². The quantitative estimate of drug-likeness (QED) is 0.786. The predicted octanol–water partition coefficient (Wildman–Crippen LogP) is 2.19. The number of aromatic nitrogens is 2. The molecule has 0 aliphatic heterocycles. The van der Waals surface area contributed by atoms with E-state index in [-0.39, 0.29) is 11.3 Å². The molecule has 5 nitrogen and oxygen atoms in total. The molecule has 5 heteroatoms. The third-order valence-electron chi connectivity index (χ3n) is 2.44. The van der Waals surface area contributed by atoms with E-state index in [2.05, 4.69) is 4.98 Å². The average molecular weight is 272 g/mol. The Morgan fingerprint density at radius 2 is 1.90 bits per heavy atom. The fraction of sp³-hybridized carbons (Fsp3) is 0.267. The Labute approximate surface area is 116 Å². The number of hydrogen-bond acceptors (Lipinski definition) is 4. The van der Waals surface area contributed by atoms with Gasteiger partial charge in [0.1, 0.15) is 17.1 Å². The van der Waals surface area contributed by atoms with E-state index in [1.165, 1.54) is 16.7 Å². The van der Waals surface area contributed by atoms with Gasteiger partial charge in [-0.15, -0.1) is 0 Å². The smallest absolute Gasteiger partial charge is 0.355 e. The summed E-state index contributed by atoms with van der Waals surface area (Å²) in [4.78, 5) is 28.3. The van der Waals surface area contributed by atoms with Crippen LogP contribution in [0.5, 0.6) is 0 Å². The summed E-state index contributed by atoms with van der Waals surface area (Å²) in [5, 5.41) is 0. The van der Waals surface area contributed by atoms with E-state index >= 15 is 0 Å². The van der Waals surface area contributed by atoms with Crippen LogP contribution in [0.4, 0.5) is 0 Å². The summed E-state index contributed by atoms with van der Waals surface area (Å²) in [6.45, 7) is 5.32. The maximum absolute atomic E-state index is 12.2. The van der Waals surface area contributed by atoms with Gasteiger partial charge in [0, 0.05) is 12.3 Å². The van der Waals surface area contributed by atoms with Crippen molar-refractivity contribution in [1.82, 2.24) is 9.55 Å². The van der Waals surface area contributed by atoms with Crippen LogP contribution in [0.1, 0.15) is 31.3 Å². The summed E-state index contributed by atoms with van der Waals surface area (Å²) >= 11 is 0. The summed E-state index contributed by atoms with van der Waals surface area (Å²) in [6.07, 6.45) is 1.56. The number of ether oxygens (including phenoxy) is 1. The van der Waals surface area contributed by atoms with Crippen molar-refractivity contribution in [3.8, 4) is 5.82 Å². The Hall–Kier alpha value is -2.43. The first kappa shape index (κ1) is 14.0. The van der Waals surface area contributed by atoms with Crippen molar-refractivity contribution in [1.29, 1.82) is 0 Å². The third kappa shape index (κ3) is 3.12. The molecule has 0 aliphatic carbocycles. The molecule has 0 atom stereocenters. The molecule has 0 N–H and O–H groups in total. The lowest BCUT2D eigenvalue weighted by Gasteiger charge is -2.20. The molecule has 2 rings (SSSR count). The molecule has 0 unspecified atom stereocenters. The Kier molecular flexibility index (Phi) is 3.70. The highest BCUT2D eigenvalue weighted by Gasteiger charge is 2.21. The summed E-state index contributed by atoms with van der Waals surface area (Å²) in [7, 11) is 0. The molecule has 0 radical (unpaired) electrons. The molecule has 0 saturated carbocycles. The van der Waals surface area contributed by atoms with Crippen LogP contribution in [0.25, 0.3) is 5.82 Å². The summed E-state index contributed by atoms with van der Waals surface area (Å²) < 4.78 is 6.56. The Bertz CT molecular complexity index is 670. The zero-order chi connectivity index (χ0) is 14.8. The minimum atomic E-state index is -0.627. The van der Waals surface area contributed by atoms with E-state index < -0.39 is 11.6 Å². The first-order valence-corrected chi connectivity index (χ1v) is 6.25. The highest BCUT2D eigenvalue weighted by Crippen LogP contribution is 2.13. The fourth-order valence-electron chi connectivity index (χ4n) is 1.70. The zero-order valence-electron chi connectivity index (χ0n) is 11.7. The van der Waals surface area contributed by atoms with Gasteiger partial charge in [-0.25, -0.2) is 9.78 Å². The van der Waals surface area contributed by atoms with Crippen LogP contribution >= 0.6 is 0 Å². The molecule has 0 fully saturated rings. The monoisotopic (exact) mass is 272 g/mol. The van der Waals surface area contributed by atoms with Crippen molar-refractivity contribution in [3.05, 3.63) is 58.6 Å². The number of esters is 1. The number of rotatable bonds is 2. The second kappa shape index (κ2) is 5.28. The van der Waals surface area contributed by atoms with Crippen molar-refractivity contribution in [2.75, 3.05) is 0 Å². The lowest BCUT2D eigenvalue weighted by Crippen LogP contribution is -2.29. The summed E-state index contributed by atoms with van der Waals surface area (Å²) in [5.74, 6) is -0.167. The highest BCUT2D eigenvalue weighted by molar-refractivity contribution is 5.88. The Morgan fingerprint density at radius 3 is 2.50 bits per heavy atom. The molecule has 0 bridgehead atoms. The molecule has 2 heterocycles. The number of nitrogens with zero attached hydrogens (tertiary/aromatic N) is 2. The number of pyridine rings is 2. The summed E-state index contributed by atoms with van der Waals surface area (Å²) in [6, 6.07) is 9.61. The van der Waals surface area contributed by atoms with Crippen molar-refractivity contribution in [3.63, 3.8) is 0 Å². The van der Waals surface area contributed by atoms with Gasteiger partial charge in [-0.2, -0.15) is 0 Å². The molecule has 2 aromatic rings. The minimum absolute atomic E-state index is 0.158. The average Bonchev–Trinajstić information content (AvgIpc) is 2.37. The van der Waals surface area contributed by atoms with Crippen LogP contribution in [0.15, 0.2) is 47.4 Å². The SMILES string of the molecule is CC(C)(C)OC(=O)c1cccc(=O)n1-c1ccccn1. The summed E-state index contributed by atoms with van der Waals surface area (Å²) in [5.41, 5.74) is -0.795. The maximum atomic E-state index is 12.2. The van der Waals surface area contributed by atoms with Crippen molar-refractivity contribution >= 4 is 5.97 Å². The van der Waals surface area contributed by atoms with Gasteiger partial charge in [0.15, 0.2) is 0 Å². The molecule has 0 saturated heterocycles. The van der Waals surface area contributed by atoms with Gasteiger partial charge in [-0.1, -0.05) is 12.1 Å². The number of carbonyl (C=O) groups excluding carboxylic acids is 1. The molecular formula is C15H16N2O3. The Balaban J connectivity index is 2.53. The van der Waals surface area contributed by atoms with Crippen LogP contribution in [0, 0.1) is 0 Å². The van der Waals surface area contributed by atoms with E-state index in [0.29, 0.717) is 5.82 Å². The van der Waals surface area contributed by atoms with E-state index in [0.717, 1.165) is 0 Å². The van der Waals surface area contributed by atoms with Crippen LogP contribution < -0.4 is 5.56 Å². The van der Waals surface area contributed by atoms with Gasteiger partial charge in [0.2, 0.25) is 0 Å². The van der Waals surface area contributed by atoms with Crippen molar-refractivity contribution in [2.45, 2.75) is 26.4 Å². The maximum Gasteiger partial charge on any atom is 0.355 e. The fourth-order valence-corrected chi connectivity index (χ4v) is 1.70. The molecule has 104 valence electrons. The van der Waals surface area contributed by atoms with Crippen LogP contribution in [-0.4, -0.2) is 21.1 Å². The normalized spacial score (nSPS) is 11.2. The van der Waals surface area contributed by atoms with E-state index in [1.807, 2.05) is 0 Å². The van der Waals surface area contributed by atoms with E-state index in [4.69, 9.17) is 4.74 Å². The van der Waals surface area contributed by atoms with E-state index in [9.17, 15) is 9.59 Å². The number of carbonyl (C=O) groups is 1. The molecule has 0 aliphatic rings. The number of hydrogen-bond donors (Lipinski definition) is 0. The van der Waals surface area contributed by atoms with Gasteiger partial charge in [-0.05, 0) is 39.0 Å². The largest absolute Gasteiger partial charge is 0.455 e. The van der Waals surface area contributed by atoms with E-state index in [1.54, 1.807) is 51.2 Å². The first-order valence-electron chi connectivity index (χ1n) is 6.25. The zero-order valence-corrected chi connectivity index (χ0v) is 11.7. The van der Waals surface area contributed by atoms with Gasteiger partial charge in [-0.3, -0.25) is 9.36 Å². The molecule has 2 aromatic heterocycles. The van der Waals surface area contributed by atoms with Crippen LogP contribution in [0.2, 0.25) is 0 Å². The van der Waals surface area contributed by atoms with Crippen molar-refractivity contribution in [2.24, 2.45) is 0 Å². The van der Waals surface area contributed by atoms with Crippen molar-refractivity contribution < 1.29 is 9.53 Å². The van der Waals surface area contributed by atoms with Gasteiger partial charge in [0.25, 0.3) is 5.56 Å². The molecule has 0 spiro atoms. The van der Waals surface area contributed by atoms with Crippen LogP contribution in [0.3, 0.4) is 0 Å². The Morgan fingerprint density at radius 1 is 1.15 bits per heavy atom. The minimum Gasteiger partial charge on any atom is -0.455 e. The first-order chi connectivity index (χ1) is 9.38. The van der Waals surface area contributed by atoms with Crippen LogP contribution in [-0.2, 0) is 4.74 Å². The predicted molar refractivity (Wildman–Crippen MR) is 75.0 cm³/mol. The standard InChI is InChI=1S/C15H16N2O3/c1-15(2,3)20-14(19)11-7-6-9-13(18)17(11)12-8-4-5-10-16-12/h4-10H,1-3H3. The second-order valence-corrected chi connectivity index (χ2v) is 5.27. The molecule has 0 amide bonds. The second-order valence-electron chi connectivity index (χ2n) is 5.27. The lowest BCUT2D eigenvalue weighted by molar-refractivity contribution is 0.00591. The van der Waals surface area contributed by atoms with Gasteiger partial charge >= 0.3 is 5.97 Å². The highest BCUT2D eigenvalue weighted by atomic mass is 16.6. The van der Waals surface area contributed by atoms with Gasteiger partial charge < -0.3 is 4.74 Å². The lowest BCUT2D eigenvalue weighted by atomic mass is 10.2. The molecule has 0 aromatic carbocycles. The molecular weight excluding hydrogens is 256 g/mol. The third-order valence-corrected chi connectivity index (χ3v) is 2.44.